The van der Waals surface area contributed by atoms with E-state index in [0.717, 1.165) is 20.3 Å². The van der Waals surface area contributed by atoms with E-state index in [2.05, 4.69) is 27.6 Å². The molecular weight excluding hydrogens is 659 g/mol. The van der Waals surface area contributed by atoms with Crippen LogP contribution in [-0.2, 0) is 16.1 Å². The van der Waals surface area contributed by atoms with Gasteiger partial charge in [-0.2, -0.15) is 0 Å². The largest absolute Gasteiger partial charge is 0.487 e. The van der Waals surface area contributed by atoms with Gasteiger partial charge in [-0.25, -0.2) is 9.79 Å². The van der Waals surface area contributed by atoms with Crippen molar-refractivity contribution in [2.75, 3.05) is 6.61 Å². The van der Waals surface area contributed by atoms with Crippen LogP contribution in [0.15, 0.2) is 87.8 Å². The molecule has 3 aromatic carbocycles. The van der Waals surface area contributed by atoms with Gasteiger partial charge in [0, 0.05) is 10.6 Å². The van der Waals surface area contributed by atoms with Crippen molar-refractivity contribution in [3.05, 3.63) is 129 Å². The zero-order valence-electron chi connectivity index (χ0n) is 22.1. The maximum Gasteiger partial charge on any atom is 0.338 e. The number of benzene rings is 3. The van der Waals surface area contributed by atoms with E-state index in [-0.39, 0.29) is 12.2 Å². The van der Waals surface area contributed by atoms with Crippen LogP contribution in [0.2, 0.25) is 5.02 Å². The molecule has 0 N–H and O–H groups in total. The molecule has 5 rings (SSSR count). The van der Waals surface area contributed by atoms with Gasteiger partial charge in [0.1, 0.15) is 12.4 Å². The highest BCUT2D eigenvalue weighted by Gasteiger charge is 2.33. The topological polar surface area (TPSA) is 69.9 Å². The monoisotopic (exact) mass is 684 g/mol. The molecule has 2 heterocycles. The van der Waals surface area contributed by atoms with Crippen LogP contribution in [0.25, 0.3) is 6.08 Å². The van der Waals surface area contributed by atoms with Crippen LogP contribution in [0, 0.1) is 10.5 Å². The highest BCUT2D eigenvalue weighted by atomic mass is 127. The Hall–Kier alpha value is -3.21. The lowest BCUT2D eigenvalue weighted by Crippen LogP contribution is -2.39. The summed E-state index contributed by atoms with van der Waals surface area (Å²) in [6.07, 6.45) is 1.79. The van der Waals surface area contributed by atoms with Crippen LogP contribution in [0.5, 0.6) is 5.75 Å². The first kappa shape index (κ1) is 28.3. The van der Waals surface area contributed by atoms with Gasteiger partial charge in [0.25, 0.3) is 5.56 Å². The Morgan fingerprint density at radius 2 is 1.85 bits per heavy atom. The molecular formula is C31H26ClIN2O4S. The summed E-state index contributed by atoms with van der Waals surface area (Å²) < 4.78 is 14.5. The predicted molar refractivity (Wildman–Crippen MR) is 167 cm³/mol. The van der Waals surface area contributed by atoms with Crippen LogP contribution >= 0.6 is 45.5 Å². The SMILES string of the molecule is CCOC(=O)C1=C(C)N=c2s/c(=C\c3cc(Cl)cc(I)c3OCc3ccccc3)c(=O)n2[C@H]1c1ccc(C)cc1. The Morgan fingerprint density at radius 1 is 1.12 bits per heavy atom. The second-order valence-corrected chi connectivity index (χ2v) is 11.9. The average molecular weight is 685 g/mol. The van der Waals surface area contributed by atoms with Gasteiger partial charge in [-0.1, -0.05) is 83.1 Å². The lowest BCUT2D eigenvalue weighted by Gasteiger charge is -2.24. The van der Waals surface area contributed by atoms with E-state index in [1.807, 2.05) is 67.6 Å². The molecule has 0 amide bonds. The second kappa shape index (κ2) is 12.1. The minimum absolute atomic E-state index is 0.222. The molecule has 6 nitrogen and oxygen atoms in total. The van der Waals surface area contributed by atoms with Crippen molar-refractivity contribution in [1.29, 1.82) is 0 Å². The minimum atomic E-state index is -0.661. The van der Waals surface area contributed by atoms with E-state index in [1.54, 1.807) is 30.6 Å². The molecule has 1 aromatic heterocycles. The number of nitrogens with zero attached hydrogens (tertiary/aromatic N) is 2. The standard InChI is InChI=1S/C31H26ClIN2O4S/c1-4-38-30(37)26-19(3)34-31-35(27(26)21-12-10-18(2)11-13-21)29(36)25(40-31)15-22-14-23(32)16-24(33)28(22)39-17-20-8-6-5-7-9-20/h5-16,27H,4,17H2,1-3H3/b25-15-/t27-/m0/s1. The summed E-state index contributed by atoms with van der Waals surface area (Å²) in [6, 6.07) is 20.6. The molecule has 0 aliphatic carbocycles. The number of thiazole rings is 1. The molecule has 204 valence electrons. The molecule has 40 heavy (non-hydrogen) atoms. The number of halogens is 2. The van der Waals surface area contributed by atoms with Crippen molar-refractivity contribution < 1.29 is 14.3 Å². The van der Waals surface area contributed by atoms with Gasteiger partial charge < -0.3 is 9.47 Å². The van der Waals surface area contributed by atoms with Gasteiger partial charge in [-0.15, -0.1) is 0 Å². The van der Waals surface area contributed by atoms with Crippen LogP contribution in [0.4, 0.5) is 0 Å². The first-order chi connectivity index (χ1) is 19.3. The molecule has 0 radical (unpaired) electrons. The molecule has 9 heteroatoms. The fourth-order valence-electron chi connectivity index (χ4n) is 4.57. The van der Waals surface area contributed by atoms with Crippen molar-refractivity contribution in [1.82, 2.24) is 4.57 Å². The lowest BCUT2D eigenvalue weighted by molar-refractivity contribution is -0.139. The van der Waals surface area contributed by atoms with E-state index >= 15 is 0 Å². The van der Waals surface area contributed by atoms with Crippen molar-refractivity contribution in [3.63, 3.8) is 0 Å². The van der Waals surface area contributed by atoms with E-state index in [0.29, 0.717) is 43.5 Å². The third kappa shape index (κ3) is 5.80. The number of fused-ring (bicyclic) bond motifs is 1. The highest BCUT2D eigenvalue weighted by Crippen LogP contribution is 2.32. The van der Waals surface area contributed by atoms with Gasteiger partial charge >= 0.3 is 5.97 Å². The molecule has 0 unspecified atom stereocenters. The van der Waals surface area contributed by atoms with E-state index < -0.39 is 12.0 Å². The third-order valence-electron chi connectivity index (χ3n) is 6.46. The van der Waals surface area contributed by atoms with Crippen LogP contribution in [0.1, 0.15) is 42.1 Å². The smallest absolute Gasteiger partial charge is 0.338 e. The molecule has 0 spiro atoms. The van der Waals surface area contributed by atoms with Gasteiger partial charge in [0.15, 0.2) is 4.80 Å². The van der Waals surface area contributed by atoms with Crippen molar-refractivity contribution in [3.8, 4) is 5.75 Å². The zero-order valence-corrected chi connectivity index (χ0v) is 25.8. The number of rotatable bonds is 7. The van der Waals surface area contributed by atoms with E-state index in [1.165, 1.54) is 11.3 Å². The number of aryl methyl sites for hydroxylation is 1. The summed E-state index contributed by atoms with van der Waals surface area (Å²) in [6.45, 7) is 6.12. The maximum absolute atomic E-state index is 14.0. The number of hydrogen-bond donors (Lipinski definition) is 0. The Kier molecular flexibility index (Phi) is 8.58. The summed E-state index contributed by atoms with van der Waals surface area (Å²) in [5, 5.41) is 0.536. The van der Waals surface area contributed by atoms with Crippen LogP contribution in [0.3, 0.4) is 0 Å². The number of carbonyl (C=O) groups excluding carboxylic acids is 1. The molecule has 0 bridgehead atoms. The average Bonchev–Trinajstić information content (AvgIpc) is 3.22. The van der Waals surface area contributed by atoms with Gasteiger partial charge in [0.05, 0.1) is 32.0 Å². The number of aromatic nitrogens is 1. The van der Waals surface area contributed by atoms with Crippen molar-refractivity contribution in [2.24, 2.45) is 4.99 Å². The summed E-state index contributed by atoms with van der Waals surface area (Å²) in [5.74, 6) is 0.155. The molecule has 0 fully saturated rings. The summed E-state index contributed by atoms with van der Waals surface area (Å²) in [7, 11) is 0. The number of ether oxygens (including phenoxy) is 2. The van der Waals surface area contributed by atoms with Crippen LogP contribution in [-0.4, -0.2) is 17.1 Å². The number of allylic oxidation sites excluding steroid dienone is 1. The minimum Gasteiger partial charge on any atom is -0.487 e. The van der Waals surface area contributed by atoms with Crippen LogP contribution < -0.4 is 19.6 Å². The third-order valence-corrected chi connectivity index (χ3v) is 8.46. The van der Waals surface area contributed by atoms with Crippen molar-refractivity contribution >= 4 is 57.6 Å². The maximum atomic E-state index is 14.0. The Balaban J connectivity index is 1.65. The fraction of sp³-hybridized carbons (Fsp3) is 0.194. The molecule has 0 saturated heterocycles. The normalized spacial score (nSPS) is 15.0. The first-order valence-electron chi connectivity index (χ1n) is 12.7. The van der Waals surface area contributed by atoms with E-state index in [4.69, 9.17) is 21.1 Å². The zero-order chi connectivity index (χ0) is 28.4. The number of hydrogen-bond acceptors (Lipinski definition) is 6. The predicted octanol–water partition coefficient (Wildman–Crippen LogP) is 5.94. The van der Waals surface area contributed by atoms with Gasteiger partial charge in [0.2, 0.25) is 0 Å². The first-order valence-corrected chi connectivity index (χ1v) is 15.0. The van der Waals surface area contributed by atoms with Gasteiger partial charge in [-0.05, 0) is 72.7 Å². The molecule has 1 atom stereocenters. The Bertz CT molecular complexity index is 1790. The molecule has 1 aliphatic rings. The molecule has 0 saturated carbocycles. The number of esters is 1. The second-order valence-electron chi connectivity index (χ2n) is 9.29. The molecule has 1 aliphatic heterocycles. The quantitative estimate of drug-likeness (QED) is 0.179. The number of carbonyl (C=O) groups is 1. The summed E-state index contributed by atoms with van der Waals surface area (Å²) in [5.41, 5.74) is 4.22. The fourth-order valence-corrected chi connectivity index (χ4v) is 6.82. The Labute approximate surface area is 254 Å². The van der Waals surface area contributed by atoms with E-state index in [9.17, 15) is 9.59 Å². The molecule has 4 aromatic rings. The summed E-state index contributed by atoms with van der Waals surface area (Å²) >= 11 is 9.88. The van der Waals surface area contributed by atoms with Gasteiger partial charge in [-0.3, -0.25) is 9.36 Å². The Morgan fingerprint density at radius 3 is 2.55 bits per heavy atom. The highest BCUT2D eigenvalue weighted by molar-refractivity contribution is 14.1. The van der Waals surface area contributed by atoms with Crippen molar-refractivity contribution in [2.45, 2.75) is 33.4 Å². The lowest BCUT2D eigenvalue weighted by atomic mass is 9.95. The summed E-state index contributed by atoms with van der Waals surface area (Å²) in [4.78, 5) is 32.3.